The van der Waals surface area contributed by atoms with E-state index in [4.69, 9.17) is 5.73 Å². The van der Waals surface area contributed by atoms with Gasteiger partial charge in [0.15, 0.2) is 5.96 Å². The maximum atomic E-state index is 12.1. The van der Waals surface area contributed by atoms with E-state index < -0.39 is 32.0 Å². The molecule has 0 bridgehead atoms. The summed E-state index contributed by atoms with van der Waals surface area (Å²) >= 11 is 0. The molecular weight excluding hydrogens is 346 g/mol. The highest BCUT2D eigenvalue weighted by molar-refractivity contribution is 7.51. The quantitative estimate of drug-likeness (QED) is 0.516. The van der Waals surface area contributed by atoms with Crippen LogP contribution >= 0.6 is 15.2 Å². The summed E-state index contributed by atoms with van der Waals surface area (Å²) in [5.74, 6) is -0.445. The molecule has 0 amide bonds. The van der Waals surface area contributed by atoms with E-state index in [9.17, 15) is 28.7 Å². The summed E-state index contributed by atoms with van der Waals surface area (Å²) in [7, 11) is -10.9. The Balaban J connectivity index is 3.92. The molecule has 0 aromatic carbocycles. The summed E-state index contributed by atoms with van der Waals surface area (Å²) in [6, 6.07) is 0. The van der Waals surface area contributed by atoms with Crippen LogP contribution in [0.3, 0.4) is 0 Å². The van der Waals surface area contributed by atoms with Crippen LogP contribution in [0.5, 0.6) is 0 Å². The van der Waals surface area contributed by atoms with Crippen molar-refractivity contribution in [2.24, 2.45) is 10.7 Å². The van der Waals surface area contributed by atoms with E-state index in [2.05, 4.69) is 4.99 Å². The SMILES string of the molecule is CCN1C(N)=NC(CC)(P(=O)([O-])[O-])N(CC)C1(CC)P(=O)([O-])[O-]. The Labute approximate surface area is 135 Å². The third-order valence-electron chi connectivity index (χ3n) is 4.33. The summed E-state index contributed by atoms with van der Waals surface area (Å²) in [4.78, 5) is 53.9. The number of aliphatic imine (C=N–C) groups is 1. The number of hydrogen-bond donors (Lipinski definition) is 1. The maximum absolute atomic E-state index is 12.1. The first-order valence-corrected chi connectivity index (χ1v) is 10.4. The number of hydrogen-bond acceptors (Lipinski definition) is 10. The van der Waals surface area contributed by atoms with Crippen molar-refractivity contribution in [3.63, 3.8) is 0 Å². The summed E-state index contributed by atoms with van der Waals surface area (Å²) in [6.07, 6.45) is -0.595. The number of rotatable bonds is 6. The molecule has 1 aliphatic heterocycles. The minimum absolute atomic E-state index is 0.00987. The van der Waals surface area contributed by atoms with E-state index in [0.29, 0.717) is 0 Å². The molecule has 1 heterocycles. The van der Waals surface area contributed by atoms with Gasteiger partial charge in [-0.25, -0.2) is 9.89 Å². The lowest BCUT2D eigenvalue weighted by atomic mass is 10.2. The van der Waals surface area contributed by atoms with Crippen LogP contribution in [0.25, 0.3) is 0 Å². The molecule has 1 rings (SSSR count). The highest BCUT2D eigenvalue weighted by Crippen LogP contribution is 2.61. The molecule has 0 fully saturated rings. The van der Waals surface area contributed by atoms with E-state index in [1.807, 2.05) is 0 Å². The van der Waals surface area contributed by atoms with Crippen LogP contribution in [-0.2, 0) is 9.13 Å². The first-order chi connectivity index (χ1) is 10.4. The zero-order valence-corrected chi connectivity index (χ0v) is 15.4. The monoisotopic (exact) mass is 368 g/mol. The third-order valence-corrected chi connectivity index (χ3v) is 7.54. The molecular formula is C11H22N4O6P2-4. The van der Waals surface area contributed by atoms with Gasteiger partial charge in [0.25, 0.3) is 0 Å². The van der Waals surface area contributed by atoms with Crippen LogP contribution in [-0.4, -0.2) is 39.7 Å². The van der Waals surface area contributed by atoms with E-state index in [1.165, 1.54) is 20.8 Å². The molecule has 0 radical (unpaired) electrons. The lowest BCUT2D eigenvalue weighted by Crippen LogP contribution is -2.75. The normalized spacial score (nSPS) is 30.4. The lowest BCUT2D eigenvalue weighted by molar-refractivity contribution is -0.341. The molecule has 12 heteroatoms. The van der Waals surface area contributed by atoms with Crippen LogP contribution in [0.1, 0.15) is 40.5 Å². The predicted molar refractivity (Wildman–Crippen MR) is 77.6 cm³/mol. The van der Waals surface area contributed by atoms with Crippen molar-refractivity contribution < 1.29 is 28.7 Å². The second-order valence-electron chi connectivity index (χ2n) is 5.21. The molecule has 1 aliphatic rings. The van der Waals surface area contributed by atoms with E-state index in [-0.39, 0.29) is 25.9 Å². The molecule has 0 aromatic rings. The molecule has 0 aliphatic carbocycles. The second kappa shape index (κ2) is 6.44. The highest BCUT2D eigenvalue weighted by Gasteiger charge is 2.56. The summed E-state index contributed by atoms with van der Waals surface area (Å²) in [5.41, 5.74) is 5.75. The fourth-order valence-corrected chi connectivity index (χ4v) is 6.21. The van der Waals surface area contributed by atoms with Gasteiger partial charge in [0.2, 0.25) is 0 Å². The smallest absolute Gasteiger partial charge is 0.195 e. The molecule has 2 N–H and O–H groups in total. The van der Waals surface area contributed by atoms with Crippen molar-refractivity contribution >= 4 is 21.2 Å². The Morgan fingerprint density at radius 2 is 1.52 bits per heavy atom. The zero-order valence-electron chi connectivity index (χ0n) is 13.6. The van der Waals surface area contributed by atoms with Crippen molar-refractivity contribution in [2.45, 2.75) is 51.3 Å². The highest BCUT2D eigenvalue weighted by atomic mass is 31.2. The maximum Gasteiger partial charge on any atom is 0.195 e. The van der Waals surface area contributed by atoms with Crippen LogP contribution in [0.15, 0.2) is 4.99 Å². The summed E-state index contributed by atoms with van der Waals surface area (Å²) in [6.45, 7) is 5.65. The van der Waals surface area contributed by atoms with Crippen molar-refractivity contribution in [3.05, 3.63) is 0 Å². The average Bonchev–Trinajstić information content (AvgIpc) is 2.42. The predicted octanol–water partition coefficient (Wildman–Crippen LogP) is -2.09. The van der Waals surface area contributed by atoms with Crippen LogP contribution in [0.2, 0.25) is 0 Å². The van der Waals surface area contributed by atoms with E-state index in [0.717, 1.165) is 9.80 Å². The van der Waals surface area contributed by atoms with Gasteiger partial charge in [-0.15, -0.1) is 0 Å². The molecule has 2 unspecified atom stereocenters. The van der Waals surface area contributed by atoms with Gasteiger partial charge >= 0.3 is 0 Å². The number of guanidine groups is 1. The van der Waals surface area contributed by atoms with Crippen molar-refractivity contribution in [1.82, 2.24) is 9.80 Å². The summed E-state index contributed by atoms with van der Waals surface area (Å²) in [5, 5.41) is -4.67. The Morgan fingerprint density at radius 1 is 1.00 bits per heavy atom. The standard InChI is InChI=1S/C11H26N4O6P2/c1-5-10(22(16,17)18)13-9(12)14(7-3)11(6-2,15(10)8-4)23(19,20)21/h5-8H2,1-4H3,(H2,12,13)(H2,16,17,18)(H2,19,20,21)/p-4. The molecule has 0 saturated carbocycles. The van der Waals surface area contributed by atoms with Crippen LogP contribution in [0.4, 0.5) is 0 Å². The Kier molecular flexibility index (Phi) is 5.76. The van der Waals surface area contributed by atoms with Gasteiger partial charge in [-0.3, -0.25) is 0 Å². The first-order valence-electron chi connectivity index (χ1n) is 7.34. The molecule has 136 valence electrons. The third kappa shape index (κ3) is 2.76. The number of nitrogens with zero attached hydrogens (tertiary/aromatic N) is 3. The first kappa shape index (κ1) is 20.6. The van der Waals surface area contributed by atoms with Gasteiger partial charge in [0, 0.05) is 13.1 Å². The van der Waals surface area contributed by atoms with Gasteiger partial charge in [-0.2, -0.15) is 0 Å². The second-order valence-corrected chi connectivity index (χ2v) is 8.63. The van der Waals surface area contributed by atoms with Gasteiger partial charge in [-0.05, 0) is 35.0 Å². The topological polar surface area (TPSA) is 171 Å². The fourth-order valence-electron chi connectivity index (χ4n) is 3.39. The Morgan fingerprint density at radius 3 is 1.78 bits per heavy atom. The zero-order chi connectivity index (χ0) is 18.3. The number of nitrogens with two attached hydrogens (primary N) is 1. The molecule has 0 spiro atoms. The van der Waals surface area contributed by atoms with Gasteiger partial charge in [-0.1, -0.05) is 20.8 Å². The largest absolute Gasteiger partial charge is 0.808 e. The summed E-state index contributed by atoms with van der Waals surface area (Å²) < 4.78 is 24.1. The van der Waals surface area contributed by atoms with E-state index in [1.54, 1.807) is 6.92 Å². The molecule has 0 aromatic heterocycles. The molecule has 2 atom stereocenters. The molecule has 23 heavy (non-hydrogen) atoms. The van der Waals surface area contributed by atoms with Crippen molar-refractivity contribution in [3.8, 4) is 0 Å². The van der Waals surface area contributed by atoms with Crippen molar-refractivity contribution in [1.29, 1.82) is 0 Å². The van der Waals surface area contributed by atoms with Gasteiger partial charge in [0.05, 0.1) is 0 Å². The van der Waals surface area contributed by atoms with Crippen LogP contribution < -0.4 is 25.3 Å². The Bertz CT molecular complexity index is 575. The van der Waals surface area contributed by atoms with Gasteiger partial charge in [0.1, 0.15) is 10.8 Å². The van der Waals surface area contributed by atoms with E-state index >= 15 is 0 Å². The average molecular weight is 368 g/mol. The lowest BCUT2D eigenvalue weighted by Gasteiger charge is -2.68. The van der Waals surface area contributed by atoms with Crippen LogP contribution in [0, 0.1) is 0 Å². The minimum Gasteiger partial charge on any atom is -0.808 e. The van der Waals surface area contributed by atoms with Crippen molar-refractivity contribution in [2.75, 3.05) is 13.1 Å². The van der Waals surface area contributed by atoms with Gasteiger partial charge < -0.3 is 39.3 Å². The molecule has 0 saturated heterocycles. The minimum atomic E-state index is -5.45. The molecule has 10 nitrogen and oxygen atoms in total. The fraction of sp³-hybridized carbons (Fsp3) is 0.909. The Hall–Kier alpha value is -0.470.